The minimum Gasteiger partial charge on any atom is -0.361 e. The van der Waals surface area contributed by atoms with E-state index in [4.69, 9.17) is 23.8 Å². The fraction of sp³-hybridized carbons (Fsp3) is 0. The fourth-order valence-corrected chi connectivity index (χ4v) is 2.56. The van der Waals surface area contributed by atoms with E-state index in [0.29, 0.717) is 9.66 Å². The van der Waals surface area contributed by atoms with Crippen LogP contribution in [0.15, 0.2) is 54.6 Å². The highest BCUT2D eigenvalue weighted by Crippen LogP contribution is 2.13. The number of H-pyrrole nitrogens is 1. The molecular formula is C17H14ClN3S. The summed E-state index contributed by atoms with van der Waals surface area (Å²) in [6.07, 6.45) is 1.85. The zero-order chi connectivity index (χ0) is 15.5. The zero-order valence-corrected chi connectivity index (χ0v) is 13.3. The van der Waals surface area contributed by atoms with Crippen molar-refractivity contribution in [2.75, 3.05) is 5.32 Å². The number of benzene rings is 2. The molecule has 110 valence electrons. The topological polar surface area (TPSA) is 32.8 Å². The van der Waals surface area contributed by atoms with Crippen molar-refractivity contribution in [1.82, 2.24) is 9.78 Å². The molecular weight excluding hydrogens is 314 g/mol. The Hall–Kier alpha value is -2.30. The number of hydrogen-bond acceptors (Lipinski definition) is 2. The number of halogens is 1. The highest BCUT2D eigenvalue weighted by molar-refractivity contribution is 7.71. The Kier molecular flexibility index (Phi) is 4.13. The maximum Gasteiger partial charge on any atom is 0.136 e. The third-order valence-corrected chi connectivity index (χ3v) is 3.90. The Balaban J connectivity index is 2.00. The van der Waals surface area contributed by atoms with Crippen LogP contribution < -0.4 is 15.9 Å². The third-order valence-electron chi connectivity index (χ3n) is 3.25. The van der Waals surface area contributed by atoms with Crippen LogP contribution in [-0.4, -0.2) is 9.78 Å². The first kappa shape index (κ1) is 14.6. The lowest BCUT2D eigenvalue weighted by Crippen LogP contribution is -2.22. The molecule has 2 N–H and O–H groups in total. The van der Waals surface area contributed by atoms with Crippen LogP contribution in [0.1, 0.15) is 0 Å². The maximum absolute atomic E-state index is 5.88. The van der Waals surface area contributed by atoms with Gasteiger partial charge in [0.15, 0.2) is 0 Å². The highest BCUT2D eigenvalue weighted by Gasteiger charge is 2.00. The Morgan fingerprint density at radius 3 is 2.45 bits per heavy atom. The Morgan fingerprint density at radius 1 is 1.09 bits per heavy atom. The summed E-state index contributed by atoms with van der Waals surface area (Å²) in [6.45, 7) is 4.02. The first-order valence-electron chi connectivity index (χ1n) is 6.73. The number of para-hydroxylation sites is 1. The number of aromatic amines is 1. The lowest BCUT2D eigenvalue weighted by molar-refractivity contribution is 0.857. The highest BCUT2D eigenvalue weighted by atomic mass is 35.5. The van der Waals surface area contributed by atoms with Gasteiger partial charge in [-0.25, -0.2) is 4.68 Å². The summed E-state index contributed by atoms with van der Waals surface area (Å²) in [5.74, 6) is 0. The van der Waals surface area contributed by atoms with Crippen LogP contribution in [0.4, 0.5) is 5.69 Å². The first-order valence-corrected chi connectivity index (χ1v) is 7.51. The van der Waals surface area contributed by atoms with Gasteiger partial charge in [0.05, 0.1) is 16.3 Å². The quantitative estimate of drug-likeness (QED) is 0.722. The monoisotopic (exact) mass is 327 g/mol. The van der Waals surface area contributed by atoms with Gasteiger partial charge in [-0.1, -0.05) is 48.6 Å². The fourth-order valence-electron chi connectivity index (χ4n) is 2.10. The molecule has 0 aliphatic heterocycles. The summed E-state index contributed by atoms with van der Waals surface area (Å²) in [5.41, 5.74) is 1.91. The number of aromatic nitrogens is 2. The average molecular weight is 328 g/mol. The number of anilines is 1. The predicted octanol–water partition coefficient (Wildman–Crippen LogP) is 3.45. The number of nitrogens with one attached hydrogen (secondary N) is 2. The normalized spacial score (nSPS) is 11.6. The molecule has 3 rings (SSSR count). The second kappa shape index (κ2) is 6.22. The maximum atomic E-state index is 5.88. The zero-order valence-electron chi connectivity index (χ0n) is 11.7. The van der Waals surface area contributed by atoms with Crippen LogP contribution in [0, 0.1) is 4.64 Å². The van der Waals surface area contributed by atoms with Crippen LogP contribution in [-0.2, 0) is 0 Å². The van der Waals surface area contributed by atoms with Gasteiger partial charge < -0.3 is 5.32 Å². The molecule has 1 heterocycles. The molecule has 0 saturated heterocycles. The van der Waals surface area contributed by atoms with Gasteiger partial charge in [-0.05, 0) is 36.4 Å². The van der Waals surface area contributed by atoms with E-state index in [2.05, 4.69) is 17.0 Å². The van der Waals surface area contributed by atoms with Crippen LogP contribution >= 0.6 is 23.8 Å². The Labute approximate surface area is 138 Å². The SMILES string of the molecule is C=c1[nH]n(-c2ccccc2)c(=S)c1=CNc1ccc(Cl)cc1. The van der Waals surface area contributed by atoms with Gasteiger partial charge >= 0.3 is 0 Å². The van der Waals surface area contributed by atoms with E-state index in [1.54, 1.807) is 0 Å². The Morgan fingerprint density at radius 2 is 1.77 bits per heavy atom. The molecule has 0 aliphatic rings. The summed E-state index contributed by atoms with van der Waals surface area (Å²) >= 11 is 11.4. The molecule has 3 nitrogen and oxygen atoms in total. The summed E-state index contributed by atoms with van der Waals surface area (Å²) in [6, 6.07) is 17.4. The molecule has 0 fully saturated rings. The second-order valence-electron chi connectivity index (χ2n) is 4.78. The summed E-state index contributed by atoms with van der Waals surface area (Å²) in [5, 5.41) is 8.71. The molecule has 0 unspecified atom stereocenters. The molecule has 0 amide bonds. The number of rotatable bonds is 3. The van der Waals surface area contributed by atoms with Gasteiger partial charge in [-0.3, -0.25) is 5.10 Å². The van der Waals surface area contributed by atoms with Gasteiger partial charge in [-0.15, -0.1) is 0 Å². The van der Waals surface area contributed by atoms with E-state index in [1.165, 1.54) is 0 Å². The predicted molar refractivity (Wildman–Crippen MR) is 95.3 cm³/mol. The molecule has 0 saturated carbocycles. The van der Waals surface area contributed by atoms with Gasteiger partial charge in [0.25, 0.3) is 0 Å². The molecule has 0 atom stereocenters. The van der Waals surface area contributed by atoms with Crippen molar-refractivity contribution in [3.8, 4) is 5.69 Å². The lowest BCUT2D eigenvalue weighted by atomic mass is 10.3. The van der Waals surface area contributed by atoms with E-state index in [0.717, 1.165) is 21.9 Å². The summed E-state index contributed by atoms with van der Waals surface area (Å²) in [4.78, 5) is 0. The van der Waals surface area contributed by atoms with Gasteiger partial charge in [-0.2, -0.15) is 0 Å². The molecule has 3 aromatic rings. The minimum atomic E-state index is 0.678. The van der Waals surface area contributed by atoms with Crippen LogP contribution in [0.25, 0.3) is 18.5 Å². The van der Waals surface area contributed by atoms with Crippen LogP contribution in [0.2, 0.25) is 5.02 Å². The Bertz CT molecular complexity index is 940. The molecule has 5 heteroatoms. The standard InChI is InChI=1S/C17H14ClN3S/c1-12-16(11-19-14-9-7-13(18)8-10-14)17(22)21(20-12)15-5-3-2-4-6-15/h2-11,19-20H,1H2. The summed E-state index contributed by atoms with van der Waals surface area (Å²) in [7, 11) is 0. The smallest absolute Gasteiger partial charge is 0.136 e. The van der Waals surface area contributed by atoms with Crippen molar-refractivity contribution in [2.24, 2.45) is 0 Å². The number of nitrogens with zero attached hydrogens (tertiary/aromatic N) is 1. The molecule has 0 spiro atoms. The minimum absolute atomic E-state index is 0.678. The van der Waals surface area contributed by atoms with Crippen molar-refractivity contribution >= 4 is 42.3 Å². The number of hydrogen-bond donors (Lipinski definition) is 2. The van der Waals surface area contributed by atoms with Crippen molar-refractivity contribution in [3.63, 3.8) is 0 Å². The molecule has 0 aliphatic carbocycles. The molecule has 1 aromatic heterocycles. The molecule has 0 radical (unpaired) electrons. The molecule has 2 aromatic carbocycles. The van der Waals surface area contributed by atoms with E-state index >= 15 is 0 Å². The molecule has 22 heavy (non-hydrogen) atoms. The largest absolute Gasteiger partial charge is 0.361 e. The van der Waals surface area contributed by atoms with Gasteiger partial charge in [0, 0.05) is 16.9 Å². The van der Waals surface area contributed by atoms with E-state index in [1.807, 2.05) is 65.5 Å². The van der Waals surface area contributed by atoms with E-state index in [-0.39, 0.29) is 0 Å². The van der Waals surface area contributed by atoms with Crippen molar-refractivity contribution < 1.29 is 0 Å². The third kappa shape index (κ3) is 2.98. The van der Waals surface area contributed by atoms with Gasteiger partial charge in [0.2, 0.25) is 0 Å². The van der Waals surface area contributed by atoms with Crippen LogP contribution in [0.3, 0.4) is 0 Å². The average Bonchev–Trinajstić information content (AvgIpc) is 2.82. The van der Waals surface area contributed by atoms with Crippen molar-refractivity contribution in [3.05, 3.63) is 74.8 Å². The van der Waals surface area contributed by atoms with E-state index in [9.17, 15) is 0 Å². The summed E-state index contributed by atoms with van der Waals surface area (Å²) < 4.78 is 2.52. The van der Waals surface area contributed by atoms with Crippen LogP contribution in [0.5, 0.6) is 0 Å². The van der Waals surface area contributed by atoms with Crippen molar-refractivity contribution in [1.29, 1.82) is 0 Å². The van der Waals surface area contributed by atoms with Gasteiger partial charge in [0.1, 0.15) is 4.64 Å². The van der Waals surface area contributed by atoms with E-state index < -0.39 is 0 Å². The first-order chi connectivity index (χ1) is 10.6. The second-order valence-corrected chi connectivity index (χ2v) is 5.60. The lowest BCUT2D eigenvalue weighted by Gasteiger charge is -2.01. The molecule has 0 bridgehead atoms. The van der Waals surface area contributed by atoms with Crippen molar-refractivity contribution in [2.45, 2.75) is 0 Å².